The number of carboxylic acid groups (broad SMARTS) is 1. The molecule has 0 aliphatic heterocycles. The van der Waals surface area contributed by atoms with Crippen LogP contribution in [0.4, 0.5) is 0 Å². The molecule has 1 amide bonds. The number of ketones is 1. The molecule has 1 rings (SSSR count). The van der Waals surface area contributed by atoms with Gasteiger partial charge in [-0.3, -0.25) is 19.2 Å². The second-order valence-corrected chi connectivity index (χ2v) is 11.1. The Morgan fingerprint density at radius 3 is 2.10 bits per heavy atom. The second kappa shape index (κ2) is 20.1. The number of nitrogens with one attached hydrogen (secondary N) is 3. The molecule has 0 radical (unpaired) electrons. The van der Waals surface area contributed by atoms with E-state index in [1.165, 1.54) is 0 Å². The number of nitrogens with two attached hydrogens (primary N) is 1. The maximum Gasteiger partial charge on any atom is 0.326 e. The van der Waals surface area contributed by atoms with Crippen LogP contribution in [0.2, 0.25) is 0 Å². The summed E-state index contributed by atoms with van der Waals surface area (Å²) in [7, 11) is 0. The standard InChI is InChI=1S/C30H50N4O8/c1-29(2,33-15-9-8-12-24(31)27(37)38)25(35)13-14-26(36)32-16-18-40-20-21-41-19-17-34-30(3,4)28(39)42-22-23-10-6-5-7-11-23/h5-7,10-11,24,33-34H,8-9,12-22,31H2,1-4H3,(H,32,36)(H,37,38)/t24-/m0/s1. The molecule has 0 spiro atoms. The summed E-state index contributed by atoms with van der Waals surface area (Å²) in [4.78, 5) is 47.7. The summed E-state index contributed by atoms with van der Waals surface area (Å²) in [5.74, 6) is -1.65. The third-order valence-corrected chi connectivity index (χ3v) is 6.58. The summed E-state index contributed by atoms with van der Waals surface area (Å²) >= 11 is 0. The van der Waals surface area contributed by atoms with E-state index >= 15 is 0 Å². The number of aliphatic carboxylic acids is 1. The van der Waals surface area contributed by atoms with Gasteiger partial charge in [0.25, 0.3) is 0 Å². The Morgan fingerprint density at radius 2 is 1.45 bits per heavy atom. The molecule has 238 valence electrons. The minimum absolute atomic E-state index is 0.0739. The van der Waals surface area contributed by atoms with Gasteiger partial charge in [-0.25, -0.2) is 0 Å². The van der Waals surface area contributed by atoms with Crippen molar-refractivity contribution in [2.75, 3.05) is 46.1 Å². The van der Waals surface area contributed by atoms with E-state index in [9.17, 15) is 19.2 Å². The Morgan fingerprint density at radius 1 is 0.833 bits per heavy atom. The highest BCUT2D eigenvalue weighted by atomic mass is 16.5. The summed E-state index contributed by atoms with van der Waals surface area (Å²) in [6.45, 7) is 10.1. The van der Waals surface area contributed by atoms with Crippen molar-refractivity contribution in [3.8, 4) is 0 Å². The molecule has 0 aromatic heterocycles. The fourth-order valence-electron chi connectivity index (χ4n) is 3.74. The quantitative estimate of drug-likeness (QED) is 0.0866. The van der Waals surface area contributed by atoms with Crippen LogP contribution >= 0.6 is 0 Å². The largest absolute Gasteiger partial charge is 0.480 e. The van der Waals surface area contributed by atoms with Crippen LogP contribution in [0.5, 0.6) is 0 Å². The average Bonchev–Trinajstić information content (AvgIpc) is 2.95. The van der Waals surface area contributed by atoms with E-state index in [2.05, 4.69) is 16.0 Å². The van der Waals surface area contributed by atoms with Crippen LogP contribution in [0.1, 0.15) is 65.4 Å². The molecule has 0 saturated carbocycles. The lowest BCUT2D eigenvalue weighted by Gasteiger charge is -2.25. The lowest BCUT2D eigenvalue weighted by Crippen LogP contribution is -2.48. The number of amides is 1. The summed E-state index contributed by atoms with van der Waals surface area (Å²) in [5, 5.41) is 17.8. The van der Waals surface area contributed by atoms with E-state index < -0.39 is 23.1 Å². The molecular weight excluding hydrogens is 544 g/mol. The van der Waals surface area contributed by atoms with Gasteiger partial charge >= 0.3 is 11.9 Å². The number of carbonyl (C=O) groups excluding carboxylic acids is 3. The van der Waals surface area contributed by atoms with Gasteiger partial charge in [0.2, 0.25) is 5.91 Å². The smallest absolute Gasteiger partial charge is 0.326 e. The monoisotopic (exact) mass is 594 g/mol. The van der Waals surface area contributed by atoms with Gasteiger partial charge in [0.05, 0.1) is 32.0 Å². The zero-order valence-electron chi connectivity index (χ0n) is 25.5. The highest BCUT2D eigenvalue weighted by Crippen LogP contribution is 2.10. The number of rotatable bonds is 24. The summed E-state index contributed by atoms with van der Waals surface area (Å²) in [6, 6.07) is 8.63. The maximum absolute atomic E-state index is 12.5. The topological polar surface area (TPSA) is 178 Å². The highest BCUT2D eigenvalue weighted by molar-refractivity contribution is 5.90. The normalized spacial score (nSPS) is 12.5. The minimum Gasteiger partial charge on any atom is -0.480 e. The number of esters is 1. The number of carboxylic acids is 1. The first-order valence-corrected chi connectivity index (χ1v) is 14.5. The van der Waals surface area contributed by atoms with Crippen molar-refractivity contribution in [3.63, 3.8) is 0 Å². The number of carbonyl (C=O) groups is 4. The lowest BCUT2D eigenvalue weighted by molar-refractivity contribution is -0.151. The van der Waals surface area contributed by atoms with Crippen LogP contribution in [0.25, 0.3) is 0 Å². The number of ether oxygens (including phenoxy) is 3. The van der Waals surface area contributed by atoms with E-state index in [4.69, 9.17) is 25.1 Å². The van der Waals surface area contributed by atoms with Crippen molar-refractivity contribution in [1.82, 2.24) is 16.0 Å². The molecule has 0 saturated heterocycles. The van der Waals surface area contributed by atoms with E-state index in [1.54, 1.807) is 27.7 Å². The SMILES string of the molecule is CC(C)(NCCCC[C@H](N)C(=O)O)C(=O)CCC(=O)NCCOCCOCCNC(C)(C)C(=O)OCc1ccccc1. The number of hydrogen-bond donors (Lipinski definition) is 5. The van der Waals surface area contributed by atoms with Gasteiger partial charge in [0, 0.05) is 25.9 Å². The van der Waals surface area contributed by atoms with Gasteiger partial charge in [-0.1, -0.05) is 36.8 Å². The Hall–Kier alpha value is -2.90. The van der Waals surface area contributed by atoms with Crippen molar-refractivity contribution in [2.24, 2.45) is 5.73 Å². The van der Waals surface area contributed by atoms with Gasteiger partial charge in [0.1, 0.15) is 18.2 Å². The van der Waals surface area contributed by atoms with Crippen molar-refractivity contribution in [3.05, 3.63) is 35.9 Å². The summed E-state index contributed by atoms with van der Waals surface area (Å²) in [5.41, 5.74) is 4.78. The fourth-order valence-corrected chi connectivity index (χ4v) is 3.74. The van der Waals surface area contributed by atoms with Crippen molar-refractivity contribution < 1.29 is 38.5 Å². The molecule has 0 unspecified atom stereocenters. The Labute approximate surface area is 249 Å². The van der Waals surface area contributed by atoms with E-state index in [1.807, 2.05) is 30.3 Å². The third kappa shape index (κ3) is 16.5. The van der Waals surface area contributed by atoms with Gasteiger partial charge in [0.15, 0.2) is 5.78 Å². The number of hydrogen-bond acceptors (Lipinski definition) is 10. The van der Waals surface area contributed by atoms with E-state index in [0.717, 1.165) is 5.56 Å². The molecule has 6 N–H and O–H groups in total. The van der Waals surface area contributed by atoms with Crippen LogP contribution in [0, 0.1) is 0 Å². The second-order valence-electron chi connectivity index (χ2n) is 11.1. The van der Waals surface area contributed by atoms with Crippen LogP contribution in [0.15, 0.2) is 30.3 Å². The number of Topliss-reactive ketones (excluding diaryl/α,β-unsaturated/α-hetero) is 1. The highest BCUT2D eigenvalue weighted by Gasteiger charge is 2.28. The molecular formula is C30H50N4O8. The molecule has 1 atom stereocenters. The van der Waals surface area contributed by atoms with Crippen LogP contribution in [-0.4, -0.2) is 91.9 Å². The first kappa shape index (κ1) is 37.1. The molecule has 0 bridgehead atoms. The first-order chi connectivity index (χ1) is 19.8. The van der Waals surface area contributed by atoms with Gasteiger partial charge < -0.3 is 41.0 Å². The molecule has 0 aliphatic carbocycles. The Bertz CT molecular complexity index is 956. The lowest BCUT2D eigenvalue weighted by atomic mass is 9.95. The third-order valence-electron chi connectivity index (χ3n) is 6.58. The zero-order valence-corrected chi connectivity index (χ0v) is 25.5. The van der Waals surface area contributed by atoms with Crippen molar-refractivity contribution >= 4 is 23.6 Å². The molecule has 0 heterocycles. The Kier molecular flexibility index (Phi) is 17.8. The number of benzene rings is 1. The molecule has 0 fully saturated rings. The zero-order chi connectivity index (χ0) is 31.4. The minimum atomic E-state index is -1.02. The molecule has 42 heavy (non-hydrogen) atoms. The average molecular weight is 595 g/mol. The molecule has 1 aromatic rings. The predicted molar refractivity (Wildman–Crippen MR) is 159 cm³/mol. The van der Waals surface area contributed by atoms with Crippen LogP contribution < -0.4 is 21.7 Å². The van der Waals surface area contributed by atoms with Crippen molar-refractivity contribution in [1.29, 1.82) is 0 Å². The van der Waals surface area contributed by atoms with E-state index in [0.29, 0.717) is 65.3 Å². The number of unbranched alkanes of at least 4 members (excludes halogenated alkanes) is 1. The molecule has 12 nitrogen and oxygen atoms in total. The van der Waals surface area contributed by atoms with Gasteiger partial charge in [-0.15, -0.1) is 0 Å². The maximum atomic E-state index is 12.5. The van der Waals surface area contributed by atoms with Crippen LogP contribution in [-0.2, 0) is 40.0 Å². The predicted octanol–water partition coefficient (Wildman–Crippen LogP) is 1.55. The van der Waals surface area contributed by atoms with Crippen molar-refractivity contribution in [2.45, 2.75) is 83.5 Å². The van der Waals surface area contributed by atoms with Gasteiger partial charge in [-0.2, -0.15) is 0 Å². The van der Waals surface area contributed by atoms with E-state index in [-0.39, 0.29) is 37.1 Å². The van der Waals surface area contributed by atoms with Crippen LogP contribution in [0.3, 0.4) is 0 Å². The summed E-state index contributed by atoms with van der Waals surface area (Å²) in [6.07, 6.45) is 1.92. The molecule has 1 aromatic carbocycles. The molecule has 12 heteroatoms. The first-order valence-electron chi connectivity index (χ1n) is 14.5. The summed E-state index contributed by atoms with van der Waals surface area (Å²) < 4.78 is 16.4. The fraction of sp³-hybridized carbons (Fsp3) is 0.667. The molecule has 0 aliphatic rings. The van der Waals surface area contributed by atoms with Gasteiger partial charge in [-0.05, 0) is 52.6 Å². The Balaban J connectivity index is 2.03.